The van der Waals surface area contributed by atoms with E-state index in [1.807, 2.05) is 12.1 Å². The second-order valence-corrected chi connectivity index (χ2v) is 4.64. The van der Waals surface area contributed by atoms with E-state index in [1.54, 1.807) is 19.2 Å². The standard InChI is InChI=1S/C13H11Cl2N3O2/c1-20-9-4-2-8(3-5-9)6-12(19)17-11-7-10(14)16-13(15)18-11/h2-5,7H,6H2,1H3,(H,16,17,18,19). The minimum Gasteiger partial charge on any atom is -0.497 e. The normalized spacial score (nSPS) is 10.2. The monoisotopic (exact) mass is 311 g/mol. The van der Waals surface area contributed by atoms with Gasteiger partial charge in [-0.05, 0) is 29.3 Å². The molecule has 0 saturated carbocycles. The van der Waals surface area contributed by atoms with Gasteiger partial charge in [0.1, 0.15) is 16.7 Å². The molecule has 7 heteroatoms. The summed E-state index contributed by atoms with van der Waals surface area (Å²) in [7, 11) is 1.59. The van der Waals surface area contributed by atoms with E-state index in [0.29, 0.717) is 0 Å². The van der Waals surface area contributed by atoms with Crippen molar-refractivity contribution in [3.05, 3.63) is 46.3 Å². The Bertz CT molecular complexity index is 597. The van der Waals surface area contributed by atoms with Crippen LogP contribution in [0.5, 0.6) is 5.75 Å². The van der Waals surface area contributed by atoms with Crippen LogP contribution in [0.1, 0.15) is 5.56 Å². The summed E-state index contributed by atoms with van der Waals surface area (Å²) in [4.78, 5) is 19.4. The lowest BCUT2D eigenvalue weighted by Crippen LogP contribution is -2.15. The van der Waals surface area contributed by atoms with Gasteiger partial charge >= 0.3 is 0 Å². The first-order valence-corrected chi connectivity index (χ1v) is 6.45. The quantitative estimate of drug-likeness (QED) is 0.696. The van der Waals surface area contributed by atoms with Gasteiger partial charge in [0, 0.05) is 6.07 Å². The number of nitrogens with one attached hydrogen (secondary N) is 1. The first-order valence-electron chi connectivity index (χ1n) is 5.69. The maximum absolute atomic E-state index is 11.9. The third-order valence-electron chi connectivity index (χ3n) is 2.46. The van der Waals surface area contributed by atoms with Crippen LogP contribution < -0.4 is 10.1 Å². The van der Waals surface area contributed by atoms with Gasteiger partial charge in [0.2, 0.25) is 11.2 Å². The fraction of sp³-hybridized carbons (Fsp3) is 0.154. The zero-order valence-corrected chi connectivity index (χ0v) is 12.1. The van der Waals surface area contributed by atoms with E-state index in [-0.39, 0.29) is 28.6 Å². The molecule has 0 radical (unpaired) electrons. The van der Waals surface area contributed by atoms with Crippen LogP contribution in [0.3, 0.4) is 0 Å². The van der Waals surface area contributed by atoms with Gasteiger partial charge in [0.15, 0.2) is 0 Å². The third-order valence-corrected chi connectivity index (χ3v) is 2.82. The van der Waals surface area contributed by atoms with Crippen molar-refractivity contribution in [3.8, 4) is 5.75 Å². The maximum Gasteiger partial charge on any atom is 0.229 e. The van der Waals surface area contributed by atoms with Crippen LogP contribution in [-0.4, -0.2) is 23.0 Å². The van der Waals surface area contributed by atoms with E-state index in [9.17, 15) is 4.79 Å². The molecule has 0 fully saturated rings. The Balaban J connectivity index is 2.01. The van der Waals surface area contributed by atoms with Crippen molar-refractivity contribution < 1.29 is 9.53 Å². The lowest BCUT2D eigenvalue weighted by atomic mass is 10.1. The number of methoxy groups -OCH3 is 1. The number of amides is 1. The van der Waals surface area contributed by atoms with Crippen molar-refractivity contribution in [2.75, 3.05) is 12.4 Å². The molecule has 0 atom stereocenters. The Kier molecular flexibility index (Phi) is 4.76. The van der Waals surface area contributed by atoms with Crippen molar-refractivity contribution >= 4 is 34.9 Å². The first kappa shape index (κ1) is 14.6. The fourth-order valence-corrected chi connectivity index (χ4v) is 1.98. The predicted molar refractivity (Wildman–Crippen MR) is 77.4 cm³/mol. The van der Waals surface area contributed by atoms with Crippen molar-refractivity contribution in [2.24, 2.45) is 0 Å². The van der Waals surface area contributed by atoms with E-state index >= 15 is 0 Å². The summed E-state index contributed by atoms with van der Waals surface area (Å²) >= 11 is 11.4. The number of halogens is 2. The number of anilines is 1. The minimum atomic E-state index is -0.221. The van der Waals surface area contributed by atoms with Crippen molar-refractivity contribution in [1.82, 2.24) is 9.97 Å². The van der Waals surface area contributed by atoms with Gasteiger partial charge < -0.3 is 10.1 Å². The highest BCUT2D eigenvalue weighted by molar-refractivity contribution is 6.32. The molecule has 1 aromatic carbocycles. The number of carbonyl (C=O) groups excluding carboxylic acids is 1. The van der Waals surface area contributed by atoms with Crippen LogP contribution in [0.15, 0.2) is 30.3 Å². The Labute approximate surface area is 125 Å². The number of hydrogen-bond acceptors (Lipinski definition) is 4. The Morgan fingerprint density at radius 2 is 1.95 bits per heavy atom. The van der Waals surface area contributed by atoms with Crippen LogP contribution in [0.25, 0.3) is 0 Å². The highest BCUT2D eigenvalue weighted by atomic mass is 35.5. The topological polar surface area (TPSA) is 64.1 Å². The summed E-state index contributed by atoms with van der Waals surface area (Å²) < 4.78 is 5.05. The number of ether oxygens (including phenoxy) is 1. The molecule has 1 amide bonds. The number of benzene rings is 1. The van der Waals surface area contributed by atoms with Crippen molar-refractivity contribution in [3.63, 3.8) is 0 Å². The predicted octanol–water partition coefficient (Wildman–Crippen LogP) is 2.97. The van der Waals surface area contributed by atoms with Crippen LogP contribution >= 0.6 is 23.2 Å². The third kappa shape index (κ3) is 4.08. The molecule has 1 aromatic heterocycles. The first-order chi connectivity index (χ1) is 9.56. The van der Waals surface area contributed by atoms with Crippen LogP contribution in [0, 0.1) is 0 Å². The second-order valence-electron chi connectivity index (χ2n) is 3.92. The molecule has 2 aromatic rings. The summed E-state index contributed by atoms with van der Waals surface area (Å²) in [5.74, 6) is 0.790. The summed E-state index contributed by atoms with van der Waals surface area (Å²) in [5.41, 5.74) is 0.856. The van der Waals surface area contributed by atoms with Gasteiger partial charge in [-0.3, -0.25) is 4.79 Å². The van der Waals surface area contributed by atoms with Crippen molar-refractivity contribution in [2.45, 2.75) is 6.42 Å². The second kappa shape index (κ2) is 6.54. The Morgan fingerprint density at radius 1 is 1.25 bits per heavy atom. The van der Waals surface area contributed by atoms with Crippen molar-refractivity contribution in [1.29, 1.82) is 0 Å². The summed E-state index contributed by atoms with van der Waals surface area (Å²) in [6, 6.07) is 8.65. The largest absolute Gasteiger partial charge is 0.497 e. The van der Waals surface area contributed by atoms with Crippen LogP contribution in [0.2, 0.25) is 10.4 Å². The lowest BCUT2D eigenvalue weighted by Gasteiger charge is -2.06. The van der Waals surface area contributed by atoms with Crippen LogP contribution in [-0.2, 0) is 11.2 Å². The molecule has 1 heterocycles. The van der Waals surface area contributed by atoms with E-state index in [1.165, 1.54) is 6.07 Å². The average Bonchev–Trinajstić information content (AvgIpc) is 2.38. The van der Waals surface area contributed by atoms with Gasteiger partial charge in [0.05, 0.1) is 13.5 Å². The Morgan fingerprint density at radius 3 is 2.55 bits per heavy atom. The van der Waals surface area contributed by atoms with Gasteiger partial charge in [-0.1, -0.05) is 23.7 Å². The highest BCUT2D eigenvalue weighted by Crippen LogP contribution is 2.15. The number of rotatable bonds is 4. The maximum atomic E-state index is 11.9. The minimum absolute atomic E-state index is 0.0164. The average molecular weight is 312 g/mol. The van der Waals surface area contributed by atoms with Gasteiger partial charge in [0.25, 0.3) is 0 Å². The van der Waals surface area contributed by atoms with Crippen LogP contribution in [0.4, 0.5) is 5.82 Å². The molecule has 20 heavy (non-hydrogen) atoms. The molecule has 1 N–H and O–H groups in total. The zero-order chi connectivity index (χ0) is 14.5. The molecule has 0 aliphatic heterocycles. The highest BCUT2D eigenvalue weighted by Gasteiger charge is 2.07. The molecule has 0 unspecified atom stereocenters. The molecule has 5 nitrogen and oxygen atoms in total. The van der Waals surface area contributed by atoms with E-state index in [0.717, 1.165) is 11.3 Å². The van der Waals surface area contributed by atoms with Gasteiger partial charge in [-0.25, -0.2) is 9.97 Å². The fourth-order valence-electron chi connectivity index (χ4n) is 1.57. The SMILES string of the molecule is COc1ccc(CC(=O)Nc2cc(Cl)nc(Cl)n2)cc1. The van der Waals surface area contributed by atoms with Gasteiger partial charge in [-0.15, -0.1) is 0 Å². The molecule has 104 valence electrons. The molecule has 0 aliphatic rings. The molecule has 2 rings (SSSR count). The smallest absolute Gasteiger partial charge is 0.229 e. The number of aromatic nitrogens is 2. The molecule has 0 aliphatic carbocycles. The summed E-state index contributed by atoms with van der Waals surface area (Å²) in [6.07, 6.45) is 0.212. The van der Waals surface area contributed by atoms with E-state index in [2.05, 4.69) is 15.3 Å². The number of nitrogens with zero attached hydrogens (tertiary/aromatic N) is 2. The number of carbonyl (C=O) groups is 1. The molecule has 0 saturated heterocycles. The Hall–Kier alpha value is -1.85. The van der Waals surface area contributed by atoms with E-state index in [4.69, 9.17) is 27.9 Å². The lowest BCUT2D eigenvalue weighted by molar-refractivity contribution is -0.115. The summed E-state index contributed by atoms with van der Waals surface area (Å²) in [6.45, 7) is 0. The molecular weight excluding hydrogens is 301 g/mol. The number of hydrogen-bond donors (Lipinski definition) is 1. The molecule has 0 bridgehead atoms. The summed E-state index contributed by atoms with van der Waals surface area (Å²) in [5, 5.41) is 2.77. The van der Waals surface area contributed by atoms with E-state index < -0.39 is 0 Å². The van der Waals surface area contributed by atoms with Gasteiger partial charge in [-0.2, -0.15) is 0 Å². The molecule has 0 spiro atoms. The molecular formula is C13H11Cl2N3O2. The zero-order valence-electron chi connectivity index (χ0n) is 10.6.